The first-order valence-electron chi connectivity index (χ1n) is 3.79. The zero-order valence-electron chi connectivity index (χ0n) is 7.68. The van der Waals surface area contributed by atoms with Gasteiger partial charge in [-0.1, -0.05) is 6.92 Å². The van der Waals surface area contributed by atoms with Crippen molar-refractivity contribution in [2.75, 3.05) is 7.11 Å². The molecule has 0 aliphatic carbocycles. The van der Waals surface area contributed by atoms with Crippen LogP contribution in [0.4, 0.5) is 0 Å². The summed E-state index contributed by atoms with van der Waals surface area (Å²) in [5.41, 5.74) is -0.286. The van der Waals surface area contributed by atoms with Gasteiger partial charge in [-0.3, -0.25) is 4.79 Å². The molecule has 0 N–H and O–H groups in total. The largest absolute Gasteiger partial charge is 0.374 e. The Labute approximate surface area is 68.2 Å². The monoisotopic (exact) mass is 156 g/mol. The number of carbonyl (C=O) groups is 1. The van der Waals surface area contributed by atoms with Crippen LogP contribution in [0, 0.1) is 0 Å². The second-order valence-electron chi connectivity index (χ2n) is 2.81. The van der Waals surface area contributed by atoms with Crippen LogP contribution in [0.1, 0.15) is 27.2 Å². The van der Waals surface area contributed by atoms with Gasteiger partial charge in [-0.25, -0.2) is 0 Å². The van der Waals surface area contributed by atoms with Crippen LogP contribution in [0.5, 0.6) is 0 Å². The van der Waals surface area contributed by atoms with Crippen molar-refractivity contribution in [2.24, 2.45) is 0 Å². The number of allylic oxidation sites excluding steroid dienone is 1. The lowest BCUT2D eigenvalue weighted by Gasteiger charge is -2.21. The molecule has 1 atom stereocenters. The highest BCUT2D eigenvalue weighted by atomic mass is 16.5. The summed E-state index contributed by atoms with van der Waals surface area (Å²) in [5, 5.41) is 0. The van der Waals surface area contributed by atoms with Gasteiger partial charge in [0.25, 0.3) is 0 Å². The number of hydrogen-bond donors (Lipinski definition) is 0. The maximum Gasteiger partial charge on any atom is 0.152 e. The molecule has 0 aromatic rings. The molecular formula is C9H16O2. The average Bonchev–Trinajstić information content (AvgIpc) is 2.00. The quantitative estimate of drug-likeness (QED) is 0.581. The van der Waals surface area contributed by atoms with Crippen molar-refractivity contribution in [2.45, 2.75) is 32.8 Å². The number of ether oxygens (including phenoxy) is 1. The molecule has 0 fully saturated rings. The molecule has 0 spiro atoms. The lowest BCUT2D eigenvalue weighted by Crippen LogP contribution is -2.22. The number of methoxy groups -OCH3 is 1. The van der Waals surface area contributed by atoms with E-state index in [0.717, 1.165) is 6.42 Å². The average molecular weight is 156 g/mol. The summed E-state index contributed by atoms with van der Waals surface area (Å²) in [6, 6.07) is 0. The normalized spacial score (nSPS) is 16.7. The molecule has 0 aromatic carbocycles. The second kappa shape index (κ2) is 4.29. The van der Waals surface area contributed by atoms with Crippen molar-refractivity contribution >= 4 is 5.78 Å². The molecular weight excluding hydrogens is 140 g/mol. The van der Waals surface area contributed by atoms with Crippen molar-refractivity contribution in [3.8, 4) is 0 Å². The summed E-state index contributed by atoms with van der Waals surface area (Å²) >= 11 is 0. The fourth-order valence-corrected chi connectivity index (χ4v) is 0.624. The minimum Gasteiger partial charge on any atom is -0.374 e. The fraction of sp³-hybridized carbons (Fsp3) is 0.667. The molecule has 11 heavy (non-hydrogen) atoms. The van der Waals surface area contributed by atoms with E-state index in [1.165, 1.54) is 6.92 Å². The van der Waals surface area contributed by atoms with Crippen LogP contribution < -0.4 is 0 Å². The van der Waals surface area contributed by atoms with Gasteiger partial charge in [0, 0.05) is 7.11 Å². The van der Waals surface area contributed by atoms with Crippen molar-refractivity contribution in [1.82, 2.24) is 0 Å². The molecule has 0 aliphatic rings. The molecule has 0 aliphatic heterocycles. The Morgan fingerprint density at radius 1 is 1.64 bits per heavy atom. The Morgan fingerprint density at radius 3 is 2.45 bits per heavy atom. The highest BCUT2D eigenvalue weighted by Gasteiger charge is 2.15. The van der Waals surface area contributed by atoms with Crippen molar-refractivity contribution in [1.29, 1.82) is 0 Å². The maximum atomic E-state index is 10.6. The van der Waals surface area contributed by atoms with E-state index in [-0.39, 0.29) is 11.4 Å². The van der Waals surface area contributed by atoms with Gasteiger partial charge in [0.2, 0.25) is 0 Å². The molecule has 0 heterocycles. The van der Waals surface area contributed by atoms with Crippen LogP contribution in [0.15, 0.2) is 12.2 Å². The zero-order chi connectivity index (χ0) is 8.91. The summed E-state index contributed by atoms with van der Waals surface area (Å²) < 4.78 is 5.20. The third kappa shape index (κ3) is 3.94. The molecule has 1 unspecified atom stereocenters. The van der Waals surface area contributed by atoms with Crippen LogP contribution >= 0.6 is 0 Å². The maximum absolute atomic E-state index is 10.6. The summed E-state index contributed by atoms with van der Waals surface area (Å²) in [5.74, 6) is 0.0572. The van der Waals surface area contributed by atoms with E-state index in [9.17, 15) is 4.79 Å². The van der Waals surface area contributed by atoms with E-state index in [2.05, 4.69) is 0 Å². The zero-order valence-corrected chi connectivity index (χ0v) is 7.68. The topological polar surface area (TPSA) is 26.3 Å². The molecule has 0 aromatic heterocycles. The molecule has 0 radical (unpaired) electrons. The first-order chi connectivity index (χ1) is 5.04. The van der Waals surface area contributed by atoms with Gasteiger partial charge in [0.1, 0.15) is 0 Å². The van der Waals surface area contributed by atoms with Gasteiger partial charge in [0.05, 0.1) is 5.60 Å². The molecule has 2 heteroatoms. The summed E-state index contributed by atoms with van der Waals surface area (Å²) in [6.07, 6.45) is 4.22. The van der Waals surface area contributed by atoms with Crippen LogP contribution in [0.2, 0.25) is 0 Å². The lowest BCUT2D eigenvalue weighted by molar-refractivity contribution is -0.112. The number of carbonyl (C=O) groups excluding carboxylic acids is 1. The lowest BCUT2D eigenvalue weighted by atomic mass is 10.0. The Bertz CT molecular complexity index is 155. The van der Waals surface area contributed by atoms with Gasteiger partial charge in [-0.15, -0.1) is 0 Å². The van der Waals surface area contributed by atoms with Crippen molar-refractivity contribution in [3.05, 3.63) is 12.2 Å². The molecule has 2 nitrogen and oxygen atoms in total. The van der Waals surface area contributed by atoms with Crippen LogP contribution in [-0.2, 0) is 9.53 Å². The fourth-order valence-electron chi connectivity index (χ4n) is 0.624. The minimum atomic E-state index is -0.286. The summed E-state index contributed by atoms with van der Waals surface area (Å²) in [6.45, 7) is 5.50. The van der Waals surface area contributed by atoms with E-state index in [4.69, 9.17) is 4.74 Å². The predicted octanol–water partition coefficient (Wildman–Crippen LogP) is 1.95. The highest BCUT2D eigenvalue weighted by molar-refractivity contribution is 5.87. The highest BCUT2D eigenvalue weighted by Crippen LogP contribution is 2.14. The van der Waals surface area contributed by atoms with Crippen molar-refractivity contribution < 1.29 is 9.53 Å². The van der Waals surface area contributed by atoms with Gasteiger partial charge in [-0.2, -0.15) is 0 Å². The van der Waals surface area contributed by atoms with E-state index in [1.807, 2.05) is 13.8 Å². The summed E-state index contributed by atoms with van der Waals surface area (Å²) in [7, 11) is 1.65. The Hall–Kier alpha value is -0.630. The Morgan fingerprint density at radius 2 is 2.18 bits per heavy atom. The third-order valence-corrected chi connectivity index (χ3v) is 1.84. The predicted molar refractivity (Wildman–Crippen MR) is 45.5 cm³/mol. The van der Waals surface area contributed by atoms with E-state index in [1.54, 1.807) is 19.3 Å². The Kier molecular flexibility index (Phi) is 4.04. The van der Waals surface area contributed by atoms with Crippen LogP contribution in [-0.4, -0.2) is 18.5 Å². The van der Waals surface area contributed by atoms with Crippen molar-refractivity contribution in [3.63, 3.8) is 0 Å². The third-order valence-electron chi connectivity index (χ3n) is 1.84. The number of hydrogen-bond acceptors (Lipinski definition) is 2. The van der Waals surface area contributed by atoms with Gasteiger partial charge < -0.3 is 4.74 Å². The van der Waals surface area contributed by atoms with Gasteiger partial charge in [0.15, 0.2) is 5.78 Å². The smallest absolute Gasteiger partial charge is 0.152 e. The molecule has 0 saturated heterocycles. The molecule has 0 amide bonds. The molecule has 0 rings (SSSR count). The first kappa shape index (κ1) is 10.4. The van der Waals surface area contributed by atoms with E-state index >= 15 is 0 Å². The van der Waals surface area contributed by atoms with Crippen LogP contribution in [0.25, 0.3) is 0 Å². The first-order valence-corrected chi connectivity index (χ1v) is 3.79. The molecule has 0 bridgehead atoms. The van der Waals surface area contributed by atoms with Gasteiger partial charge >= 0.3 is 0 Å². The SMILES string of the molecule is CCC(C)(C=CC(C)=O)OC. The molecule has 64 valence electrons. The number of rotatable bonds is 4. The second-order valence-corrected chi connectivity index (χ2v) is 2.81. The Balaban J connectivity index is 4.17. The summed E-state index contributed by atoms with van der Waals surface area (Å²) in [4.78, 5) is 10.6. The minimum absolute atomic E-state index is 0.0572. The van der Waals surface area contributed by atoms with E-state index < -0.39 is 0 Å². The van der Waals surface area contributed by atoms with Crippen LogP contribution in [0.3, 0.4) is 0 Å². The number of ketones is 1. The van der Waals surface area contributed by atoms with E-state index in [0.29, 0.717) is 0 Å². The molecule has 0 saturated carbocycles. The standard InChI is InChI=1S/C9H16O2/c1-5-9(3,11-4)7-6-8(2)10/h6-7H,5H2,1-4H3. The van der Waals surface area contributed by atoms with Gasteiger partial charge in [-0.05, 0) is 32.4 Å².